The molecule has 7 nitrogen and oxygen atoms in total. The van der Waals surface area contributed by atoms with Crippen LogP contribution in [0, 0.1) is 0 Å². The third-order valence-corrected chi connectivity index (χ3v) is 5.31. The second-order valence-corrected chi connectivity index (χ2v) is 7.61. The molecule has 0 bridgehead atoms. The first-order valence-corrected chi connectivity index (χ1v) is 10.5. The molecule has 1 atom stereocenters. The number of hydrogen-bond acceptors (Lipinski definition) is 5. The van der Waals surface area contributed by atoms with E-state index in [1.165, 1.54) is 0 Å². The van der Waals surface area contributed by atoms with Crippen molar-refractivity contribution in [3.8, 4) is 17.2 Å². The molecule has 0 saturated carbocycles. The van der Waals surface area contributed by atoms with Gasteiger partial charge in [-0.15, -0.1) is 0 Å². The first-order valence-electron chi connectivity index (χ1n) is 10.5. The summed E-state index contributed by atoms with van der Waals surface area (Å²) in [5.74, 6) is 1.87. The van der Waals surface area contributed by atoms with Gasteiger partial charge in [-0.3, -0.25) is 4.79 Å². The Morgan fingerprint density at radius 2 is 1.97 bits per heavy atom. The largest absolute Gasteiger partial charge is 0.487 e. The maximum Gasteiger partial charge on any atom is 0.251 e. The Morgan fingerprint density at radius 3 is 2.84 bits per heavy atom. The van der Waals surface area contributed by atoms with E-state index in [2.05, 4.69) is 10.3 Å². The summed E-state index contributed by atoms with van der Waals surface area (Å²) < 4.78 is 19.0. The highest BCUT2D eigenvalue weighted by Gasteiger charge is 2.17. The second kappa shape index (κ2) is 8.63. The molecule has 0 aliphatic carbocycles. The van der Waals surface area contributed by atoms with Gasteiger partial charge >= 0.3 is 0 Å². The molecule has 1 aliphatic rings. The fraction of sp³-hybridized carbons (Fsp3) is 0.200. The monoisotopic (exact) mass is 429 g/mol. The van der Waals surface area contributed by atoms with Gasteiger partial charge in [-0.1, -0.05) is 18.2 Å². The van der Waals surface area contributed by atoms with Gasteiger partial charge in [0.25, 0.3) is 5.91 Å². The standard InChI is InChI=1S/C25H23N3O4/c1-17(18-8-9-22-23(14-18)31-12-11-30-22)26-25(29)19-5-4-6-21(13-19)32-16-20-15-28-10-3-2-7-24(28)27-20/h2-10,13-15,17H,11-12,16H2,1H3,(H,26,29). The van der Waals surface area contributed by atoms with Crippen molar-refractivity contribution in [1.29, 1.82) is 0 Å². The average Bonchev–Trinajstić information content (AvgIpc) is 3.25. The van der Waals surface area contributed by atoms with E-state index in [0.29, 0.717) is 36.9 Å². The first-order chi connectivity index (χ1) is 15.7. The zero-order valence-corrected chi connectivity index (χ0v) is 17.7. The molecule has 4 aromatic rings. The maximum atomic E-state index is 12.8. The van der Waals surface area contributed by atoms with Crippen molar-refractivity contribution in [3.05, 3.63) is 89.9 Å². The van der Waals surface area contributed by atoms with Gasteiger partial charge in [0.05, 0.1) is 11.7 Å². The van der Waals surface area contributed by atoms with E-state index >= 15 is 0 Å². The summed E-state index contributed by atoms with van der Waals surface area (Å²) in [4.78, 5) is 17.4. The van der Waals surface area contributed by atoms with Crippen LogP contribution in [-0.4, -0.2) is 28.5 Å². The summed E-state index contributed by atoms with van der Waals surface area (Å²) >= 11 is 0. The number of nitrogens with one attached hydrogen (secondary N) is 1. The SMILES string of the molecule is CC(NC(=O)c1cccc(OCc2cn3ccccc3n2)c1)c1ccc2c(c1)OCCO2. The first kappa shape index (κ1) is 19.9. The Balaban J connectivity index is 1.23. The lowest BCUT2D eigenvalue weighted by atomic mass is 10.1. The van der Waals surface area contributed by atoms with Crippen molar-refractivity contribution in [2.24, 2.45) is 0 Å². The minimum absolute atomic E-state index is 0.175. The number of pyridine rings is 1. The molecule has 5 rings (SSSR count). The lowest BCUT2D eigenvalue weighted by Gasteiger charge is -2.21. The predicted molar refractivity (Wildman–Crippen MR) is 119 cm³/mol. The van der Waals surface area contributed by atoms with Crippen LogP contribution in [0.15, 0.2) is 73.1 Å². The van der Waals surface area contributed by atoms with E-state index in [1.807, 2.05) is 72.2 Å². The van der Waals surface area contributed by atoms with Gasteiger partial charge in [-0.2, -0.15) is 0 Å². The topological polar surface area (TPSA) is 74.1 Å². The number of rotatable bonds is 6. The number of hydrogen-bond donors (Lipinski definition) is 1. The maximum absolute atomic E-state index is 12.8. The summed E-state index contributed by atoms with van der Waals surface area (Å²) in [5.41, 5.74) is 3.16. The molecule has 1 aliphatic heterocycles. The van der Waals surface area contributed by atoms with Gasteiger partial charge in [-0.05, 0) is 55.0 Å². The molecule has 3 heterocycles. The van der Waals surface area contributed by atoms with Crippen molar-refractivity contribution in [3.63, 3.8) is 0 Å². The van der Waals surface area contributed by atoms with E-state index in [-0.39, 0.29) is 11.9 Å². The van der Waals surface area contributed by atoms with Crippen molar-refractivity contribution >= 4 is 11.6 Å². The molecule has 1 amide bonds. The molecule has 0 spiro atoms. The molecule has 162 valence electrons. The quantitative estimate of drug-likeness (QED) is 0.498. The van der Waals surface area contributed by atoms with Gasteiger partial charge in [0, 0.05) is 18.0 Å². The number of benzene rings is 2. The molecular weight excluding hydrogens is 406 g/mol. The Hall–Kier alpha value is -4.00. The fourth-order valence-electron chi connectivity index (χ4n) is 3.63. The molecule has 0 saturated heterocycles. The normalized spacial score (nSPS) is 13.5. The third-order valence-electron chi connectivity index (χ3n) is 5.31. The zero-order chi connectivity index (χ0) is 21.9. The predicted octanol–water partition coefficient (Wildman–Crippen LogP) is 4.18. The van der Waals surface area contributed by atoms with Crippen LogP contribution < -0.4 is 19.5 Å². The summed E-state index contributed by atoms with van der Waals surface area (Å²) in [6.45, 7) is 3.33. The smallest absolute Gasteiger partial charge is 0.251 e. The zero-order valence-electron chi connectivity index (χ0n) is 17.7. The van der Waals surface area contributed by atoms with Crippen molar-refractivity contribution < 1.29 is 19.0 Å². The lowest BCUT2D eigenvalue weighted by molar-refractivity contribution is 0.0939. The molecule has 0 fully saturated rings. The van der Waals surface area contributed by atoms with E-state index in [4.69, 9.17) is 14.2 Å². The van der Waals surface area contributed by atoms with E-state index < -0.39 is 0 Å². The van der Waals surface area contributed by atoms with Gasteiger partial charge in [0.15, 0.2) is 11.5 Å². The van der Waals surface area contributed by atoms with Gasteiger partial charge in [-0.25, -0.2) is 4.98 Å². The molecular formula is C25H23N3O4. The van der Waals surface area contributed by atoms with Crippen LogP contribution >= 0.6 is 0 Å². The third kappa shape index (κ3) is 4.23. The van der Waals surface area contributed by atoms with Crippen LogP contribution in [0.2, 0.25) is 0 Å². The molecule has 2 aromatic carbocycles. The number of ether oxygens (including phenoxy) is 3. The molecule has 32 heavy (non-hydrogen) atoms. The number of amides is 1. The molecule has 1 unspecified atom stereocenters. The van der Waals surface area contributed by atoms with Crippen LogP contribution in [-0.2, 0) is 6.61 Å². The van der Waals surface area contributed by atoms with Crippen LogP contribution in [0.25, 0.3) is 5.65 Å². The minimum atomic E-state index is -0.194. The highest BCUT2D eigenvalue weighted by atomic mass is 16.6. The number of fused-ring (bicyclic) bond motifs is 2. The van der Waals surface area contributed by atoms with Gasteiger partial charge in [0.2, 0.25) is 0 Å². The van der Waals surface area contributed by atoms with E-state index in [0.717, 1.165) is 22.7 Å². The van der Waals surface area contributed by atoms with Crippen molar-refractivity contribution in [2.45, 2.75) is 19.6 Å². The fourth-order valence-corrected chi connectivity index (χ4v) is 3.63. The highest BCUT2D eigenvalue weighted by Crippen LogP contribution is 2.32. The van der Waals surface area contributed by atoms with Crippen molar-refractivity contribution in [1.82, 2.24) is 14.7 Å². The summed E-state index contributed by atoms with van der Waals surface area (Å²) in [6.07, 6.45) is 3.88. The lowest BCUT2D eigenvalue weighted by Crippen LogP contribution is -2.26. The number of carbonyl (C=O) groups is 1. The van der Waals surface area contributed by atoms with Crippen LogP contribution in [0.3, 0.4) is 0 Å². The van der Waals surface area contributed by atoms with E-state index in [9.17, 15) is 4.79 Å². The number of imidazole rings is 1. The Labute approximate surface area is 185 Å². The second-order valence-electron chi connectivity index (χ2n) is 7.61. The van der Waals surface area contributed by atoms with Crippen LogP contribution in [0.5, 0.6) is 17.2 Å². The number of carbonyl (C=O) groups excluding carboxylic acids is 1. The van der Waals surface area contributed by atoms with Crippen molar-refractivity contribution in [2.75, 3.05) is 13.2 Å². The molecule has 7 heteroatoms. The van der Waals surface area contributed by atoms with Gasteiger partial charge < -0.3 is 23.9 Å². The van der Waals surface area contributed by atoms with Crippen LogP contribution in [0.1, 0.15) is 34.6 Å². The molecule has 1 N–H and O–H groups in total. The van der Waals surface area contributed by atoms with Crippen LogP contribution in [0.4, 0.5) is 0 Å². The minimum Gasteiger partial charge on any atom is -0.487 e. The van der Waals surface area contributed by atoms with Gasteiger partial charge in [0.1, 0.15) is 31.2 Å². The summed E-state index contributed by atoms with van der Waals surface area (Å²) in [5, 5.41) is 3.03. The Kier molecular flexibility index (Phi) is 5.37. The number of aromatic nitrogens is 2. The summed E-state index contributed by atoms with van der Waals surface area (Å²) in [7, 11) is 0. The Morgan fingerprint density at radius 1 is 1.09 bits per heavy atom. The molecule has 2 aromatic heterocycles. The summed E-state index contributed by atoms with van der Waals surface area (Å²) in [6, 6.07) is 18.5. The molecule has 0 radical (unpaired) electrons. The number of nitrogens with zero attached hydrogens (tertiary/aromatic N) is 2. The van der Waals surface area contributed by atoms with E-state index in [1.54, 1.807) is 12.1 Å². The highest BCUT2D eigenvalue weighted by molar-refractivity contribution is 5.94. The average molecular weight is 429 g/mol. The Bertz CT molecular complexity index is 1230.